The average molecular weight is 339 g/mol. The van der Waals surface area contributed by atoms with Crippen LogP contribution in [0.3, 0.4) is 0 Å². The number of anilines is 1. The molecule has 1 saturated carbocycles. The Bertz CT molecular complexity index is 720. The number of hydrogen-bond donors (Lipinski definition) is 2. The Morgan fingerprint density at radius 1 is 1.26 bits per heavy atom. The highest BCUT2D eigenvalue weighted by molar-refractivity contribution is 7.92. The van der Waals surface area contributed by atoms with E-state index < -0.39 is 32.4 Å². The van der Waals surface area contributed by atoms with Crippen LogP contribution in [0.1, 0.15) is 44.1 Å². The van der Waals surface area contributed by atoms with Crippen LogP contribution in [-0.2, 0) is 19.4 Å². The predicted octanol–water partition coefficient (Wildman–Crippen LogP) is 2.17. The number of amides is 1. The van der Waals surface area contributed by atoms with Crippen LogP contribution < -0.4 is 5.32 Å². The van der Waals surface area contributed by atoms with Gasteiger partial charge in [0.2, 0.25) is 5.91 Å². The smallest absolute Gasteiger partial charge is 0.310 e. The molecule has 1 aromatic rings. The van der Waals surface area contributed by atoms with E-state index in [-0.39, 0.29) is 0 Å². The molecule has 0 radical (unpaired) electrons. The Labute approximate surface area is 135 Å². The molecule has 0 aromatic heterocycles. The lowest BCUT2D eigenvalue weighted by Gasteiger charge is -2.25. The van der Waals surface area contributed by atoms with E-state index in [1.54, 1.807) is 31.2 Å². The predicted molar refractivity (Wildman–Crippen MR) is 87.2 cm³/mol. The summed E-state index contributed by atoms with van der Waals surface area (Å²) in [6.07, 6.45) is 3.15. The Morgan fingerprint density at radius 3 is 2.39 bits per heavy atom. The normalized spacial score (nSPS) is 18.3. The molecule has 1 aliphatic rings. The fourth-order valence-corrected chi connectivity index (χ4v) is 4.40. The van der Waals surface area contributed by atoms with Crippen LogP contribution in [0, 0.1) is 0 Å². The quantitative estimate of drug-likeness (QED) is 0.856. The summed E-state index contributed by atoms with van der Waals surface area (Å²) in [4.78, 5) is 23.6. The SMILES string of the molecule is CC(C(=O)O)c1cccc(NC(=O)C2(S(C)(=O)=O)CCCC2)c1. The Kier molecular flexibility index (Phi) is 4.79. The topological polar surface area (TPSA) is 101 Å². The first kappa shape index (κ1) is 17.5. The van der Waals surface area contributed by atoms with Gasteiger partial charge in [0.15, 0.2) is 14.6 Å². The summed E-state index contributed by atoms with van der Waals surface area (Å²) in [5, 5.41) is 11.7. The van der Waals surface area contributed by atoms with Gasteiger partial charge >= 0.3 is 5.97 Å². The summed E-state index contributed by atoms with van der Waals surface area (Å²) in [6, 6.07) is 6.50. The minimum atomic E-state index is -3.53. The van der Waals surface area contributed by atoms with Gasteiger partial charge in [-0.1, -0.05) is 25.0 Å². The van der Waals surface area contributed by atoms with Crippen molar-refractivity contribution in [2.24, 2.45) is 0 Å². The Balaban J connectivity index is 2.27. The molecule has 2 rings (SSSR count). The highest BCUT2D eigenvalue weighted by atomic mass is 32.2. The highest BCUT2D eigenvalue weighted by Crippen LogP contribution is 2.37. The summed E-state index contributed by atoms with van der Waals surface area (Å²) >= 11 is 0. The second-order valence-corrected chi connectivity index (χ2v) is 8.44. The third kappa shape index (κ3) is 3.39. The zero-order chi connectivity index (χ0) is 17.3. The number of nitrogens with one attached hydrogen (secondary N) is 1. The number of carbonyl (C=O) groups is 2. The third-order valence-electron chi connectivity index (χ3n) is 4.55. The monoisotopic (exact) mass is 339 g/mol. The number of carboxylic acids is 1. The summed E-state index contributed by atoms with van der Waals surface area (Å²) in [5.74, 6) is -2.20. The maximum absolute atomic E-state index is 12.6. The van der Waals surface area contributed by atoms with Gasteiger partial charge in [-0.05, 0) is 37.5 Å². The molecule has 0 aliphatic heterocycles. The van der Waals surface area contributed by atoms with Crippen LogP contribution in [-0.4, -0.2) is 36.4 Å². The molecule has 126 valence electrons. The van der Waals surface area contributed by atoms with Crippen molar-refractivity contribution in [1.82, 2.24) is 0 Å². The lowest BCUT2D eigenvalue weighted by atomic mass is 10.0. The van der Waals surface area contributed by atoms with Crippen LogP contribution in [0.5, 0.6) is 0 Å². The number of sulfone groups is 1. The van der Waals surface area contributed by atoms with E-state index in [4.69, 9.17) is 5.11 Å². The van der Waals surface area contributed by atoms with Gasteiger partial charge in [0.05, 0.1) is 5.92 Å². The van der Waals surface area contributed by atoms with Gasteiger partial charge in [-0.15, -0.1) is 0 Å². The molecule has 0 spiro atoms. The Hall–Kier alpha value is -1.89. The summed E-state index contributed by atoms with van der Waals surface area (Å²) in [5.41, 5.74) is 0.964. The molecule has 7 heteroatoms. The van der Waals surface area contributed by atoms with Crippen molar-refractivity contribution in [2.75, 3.05) is 11.6 Å². The van der Waals surface area contributed by atoms with E-state index in [1.165, 1.54) is 0 Å². The maximum atomic E-state index is 12.6. The van der Waals surface area contributed by atoms with Crippen molar-refractivity contribution in [3.8, 4) is 0 Å². The first-order chi connectivity index (χ1) is 10.7. The molecule has 0 saturated heterocycles. The second kappa shape index (κ2) is 6.31. The summed E-state index contributed by atoms with van der Waals surface area (Å²) in [6.45, 7) is 1.55. The van der Waals surface area contributed by atoms with E-state index in [0.29, 0.717) is 36.9 Å². The Morgan fingerprint density at radius 2 is 1.87 bits per heavy atom. The molecule has 6 nitrogen and oxygen atoms in total. The van der Waals surface area contributed by atoms with Gasteiger partial charge in [-0.3, -0.25) is 9.59 Å². The number of carbonyl (C=O) groups excluding carboxylic acids is 1. The van der Waals surface area contributed by atoms with Crippen molar-refractivity contribution < 1.29 is 23.1 Å². The van der Waals surface area contributed by atoms with Crippen molar-refractivity contribution in [1.29, 1.82) is 0 Å². The first-order valence-electron chi connectivity index (χ1n) is 7.51. The molecule has 1 atom stereocenters. The zero-order valence-corrected chi connectivity index (χ0v) is 14.0. The number of rotatable bonds is 5. The molecular formula is C16H21NO5S. The minimum absolute atomic E-state index is 0.322. The molecule has 1 amide bonds. The van der Waals surface area contributed by atoms with Gasteiger partial charge in [-0.2, -0.15) is 0 Å². The van der Waals surface area contributed by atoms with Gasteiger partial charge in [0.25, 0.3) is 0 Å². The molecule has 1 aliphatic carbocycles. The fourth-order valence-electron chi connectivity index (χ4n) is 2.99. The second-order valence-electron chi connectivity index (χ2n) is 6.11. The summed E-state index contributed by atoms with van der Waals surface area (Å²) in [7, 11) is -3.53. The van der Waals surface area contributed by atoms with E-state index in [2.05, 4.69) is 5.32 Å². The number of benzene rings is 1. The van der Waals surface area contributed by atoms with E-state index in [0.717, 1.165) is 6.26 Å². The lowest BCUT2D eigenvalue weighted by Crippen LogP contribution is -2.47. The molecule has 1 aromatic carbocycles. The van der Waals surface area contributed by atoms with Crippen LogP contribution in [0.4, 0.5) is 5.69 Å². The minimum Gasteiger partial charge on any atom is -0.481 e. The van der Waals surface area contributed by atoms with Crippen molar-refractivity contribution in [2.45, 2.75) is 43.3 Å². The maximum Gasteiger partial charge on any atom is 0.310 e. The van der Waals surface area contributed by atoms with Gasteiger partial charge < -0.3 is 10.4 Å². The van der Waals surface area contributed by atoms with Gasteiger partial charge in [0, 0.05) is 11.9 Å². The standard InChI is InChI=1S/C16H21NO5S/c1-11(14(18)19)12-6-5-7-13(10-12)17-15(20)16(23(2,21)22)8-3-4-9-16/h5-7,10-11H,3-4,8-9H2,1-2H3,(H,17,20)(H,18,19). The zero-order valence-electron chi connectivity index (χ0n) is 13.2. The van der Waals surface area contributed by atoms with E-state index in [1.807, 2.05) is 0 Å². The van der Waals surface area contributed by atoms with Crippen LogP contribution in [0.15, 0.2) is 24.3 Å². The van der Waals surface area contributed by atoms with Crippen molar-refractivity contribution in [3.63, 3.8) is 0 Å². The molecule has 2 N–H and O–H groups in total. The van der Waals surface area contributed by atoms with Crippen LogP contribution in [0.2, 0.25) is 0 Å². The van der Waals surface area contributed by atoms with Crippen LogP contribution in [0.25, 0.3) is 0 Å². The van der Waals surface area contributed by atoms with Crippen molar-refractivity contribution in [3.05, 3.63) is 29.8 Å². The van der Waals surface area contributed by atoms with E-state index in [9.17, 15) is 18.0 Å². The lowest BCUT2D eigenvalue weighted by molar-refractivity contribution is -0.138. The molecule has 0 heterocycles. The molecule has 0 bridgehead atoms. The molecule has 1 fully saturated rings. The highest BCUT2D eigenvalue weighted by Gasteiger charge is 2.49. The molecular weight excluding hydrogens is 318 g/mol. The summed E-state index contributed by atoms with van der Waals surface area (Å²) < 4.78 is 22.9. The first-order valence-corrected chi connectivity index (χ1v) is 9.40. The van der Waals surface area contributed by atoms with Gasteiger partial charge in [0.1, 0.15) is 0 Å². The van der Waals surface area contributed by atoms with Crippen LogP contribution >= 0.6 is 0 Å². The average Bonchev–Trinajstić information content (AvgIpc) is 2.97. The van der Waals surface area contributed by atoms with E-state index >= 15 is 0 Å². The molecule has 1 unspecified atom stereocenters. The molecule has 23 heavy (non-hydrogen) atoms. The van der Waals surface area contributed by atoms with Crippen molar-refractivity contribution >= 4 is 27.4 Å². The number of carboxylic acid groups (broad SMARTS) is 1. The number of aliphatic carboxylic acids is 1. The number of hydrogen-bond acceptors (Lipinski definition) is 4. The fraction of sp³-hybridized carbons (Fsp3) is 0.500. The third-order valence-corrected chi connectivity index (χ3v) is 6.56. The van der Waals surface area contributed by atoms with Gasteiger partial charge in [-0.25, -0.2) is 8.42 Å². The largest absolute Gasteiger partial charge is 0.481 e.